The van der Waals surface area contributed by atoms with Crippen molar-refractivity contribution >= 4 is 34.6 Å². The van der Waals surface area contributed by atoms with E-state index in [0.29, 0.717) is 19.3 Å². The number of benzene rings is 1. The van der Waals surface area contributed by atoms with Gasteiger partial charge in [0.1, 0.15) is 18.1 Å². The van der Waals surface area contributed by atoms with Crippen molar-refractivity contribution in [2.45, 2.75) is 84.0 Å². The molecule has 0 aliphatic carbocycles. The van der Waals surface area contributed by atoms with Gasteiger partial charge in [-0.2, -0.15) is 0 Å². The van der Waals surface area contributed by atoms with Crippen molar-refractivity contribution in [1.29, 1.82) is 0 Å². The van der Waals surface area contributed by atoms with Gasteiger partial charge in [-0.1, -0.05) is 45.9 Å². The van der Waals surface area contributed by atoms with Crippen LogP contribution < -0.4 is 21.3 Å². The van der Waals surface area contributed by atoms with E-state index in [0.717, 1.165) is 29.4 Å². The van der Waals surface area contributed by atoms with E-state index >= 15 is 0 Å². The standard InChI is InChI=1S/C28H41N5O5/c1-16(2)12-22(31-25(34)21-10-7-11-29-21)26(35)32-23(13-17(3)4)27(36)33-24(28(37)38)14-18-15-30-20-9-6-5-8-19(18)20/h5-6,8-9,15-17,21-24,29-30H,7,10-14H2,1-4H3,(H,31,34)(H,32,35)(H,33,36)(H,37,38). The zero-order valence-corrected chi connectivity index (χ0v) is 22.7. The maximum absolute atomic E-state index is 13.3. The van der Waals surface area contributed by atoms with Gasteiger partial charge < -0.3 is 31.4 Å². The first kappa shape index (κ1) is 29.2. The predicted molar refractivity (Wildman–Crippen MR) is 145 cm³/mol. The Kier molecular flexibility index (Phi) is 10.3. The predicted octanol–water partition coefficient (Wildman–Crippen LogP) is 2.09. The number of carbonyl (C=O) groups is 4. The van der Waals surface area contributed by atoms with Gasteiger partial charge in [0.05, 0.1) is 6.04 Å². The van der Waals surface area contributed by atoms with Gasteiger partial charge in [0.15, 0.2) is 0 Å². The Morgan fingerprint density at radius 2 is 1.53 bits per heavy atom. The second kappa shape index (κ2) is 13.4. The molecule has 1 saturated heterocycles. The number of carboxylic acid groups (broad SMARTS) is 1. The molecule has 3 rings (SSSR count). The molecule has 2 heterocycles. The summed E-state index contributed by atoms with van der Waals surface area (Å²) >= 11 is 0. The highest BCUT2D eigenvalue weighted by molar-refractivity contribution is 5.94. The topological polar surface area (TPSA) is 152 Å². The number of amides is 3. The molecular formula is C28H41N5O5. The summed E-state index contributed by atoms with van der Waals surface area (Å²) in [5, 5.41) is 22.2. The lowest BCUT2D eigenvalue weighted by Gasteiger charge is -2.27. The first-order valence-corrected chi connectivity index (χ1v) is 13.5. The van der Waals surface area contributed by atoms with E-state index in [-0.39, 0.29) is 30.2 Å². The molecule has 1 aliphatic heterocycles. The zero-order chi connectivity index (χ0) is 27.8. The second-order valence-corrected chi connectivity index (χ2v) is 11.0. The smallest absolute Gasteiger partial charge is 0.326 e. The molecule has 1 aromatic heterocycles. The Morgan fingerprint density at radius 1 is 0.921 bits per heavy atom. The highest BCUT2D eigenvalue weighted by Gasteiger charge is 2.32. The van der Waals surface area contributed by atoms with Crippen molar-refractivity contribution in [2.24, 2.45) is 11.8 Å². The van der Waals surface area contributed by atoms with E-state index in [9.17, 15) is 24.3 Å². The first-order chi connectivity index (χ1) is 18.0. The van der Waals surface area contributed by atoms with Gasteiger partial charge >= 0.3 is 5.97 Å². The van der Waals surface area contributed by atoms with Crippen LogP contribution in [0.2, 0.25) is 0 Å². The molecule has 38 heavy (non-hydrogen) atoms. The number of hydrogen-bond acceptors (Lipinski definition) is 5. The summed E-state index contributed by atoms with van der Waals surface area (Å²) in [7, 11) is 0. The molecule has 0 saturated carbocycles. The summed E-state index contributed by atoms with van der Waals surface area (Å²) < 4.78 is 0. The number of hydrogen-bond donors (Lipinski definition) is 6. The Balaban J connectivity index is 1.71. The molecule has 1 aliphatic rings. The molecule has 1 aromatic carbocycles. The monoisotopic (exact) mass is 527 g/mol. The average Bonchev–Trinajstić information content (AvgIpc) is 3.53. The highest BCUT2D eigenvalue weighted by Crippen LogP contribution is 2.19. The number of nitrogens with one attached hydrogen (secondary N) is 5. The van der Waals surface area contributed by atoms with Gasteiger partial charge in [-0.25, -0.2) is 4.79 Å². The van der Waals surface area contributed by atoms with Gasteiger partial charge in [-0.15, -0.1) is 0 Å². The van der Waals surface area contributed by atoms with Crippen LogP contribution in [-0.4, -0.2) is 64.5 Å². The first-order valence-electron chi connectivity index (χ1n) is 13.5. The van der Waals surface area contributed by atoms with E-state index in [1.807, 2.05) is 52.0 Å². The second-order valence-electron chi connectivity index (χ2n) is 11.0. The summed E-state index contributed by atoms with van der Waals surface area (Å²) in [6.07, 6.45) is 4.20. The Morgan fingerprint density at radius 3 is 2.11 bits per heavy atom. The maximum atomic E-state index is 13.3. The van der Waals surface area contributed by atoms with Crippen molar-refractivity contribution in [3.63, 3.8) is 0 Å². The largest absolute Gasteiger partial charge is 0.480 e. The third-order valence-corrected chi connectivity index (χ3v) is 6.77. The molecule has 0 spiro atoms. The average molecular weight is 528 g/mol. The Labute approximate surface area is 223 Å². The summed E-state index contributed by atoms with van der Waals surface area (Å²) in [5.74, 6) is -2.21. The van der Waals surface area contributed by atoms with Gasteiger partial charge in [-0.3, -0.25) is 14.4 Å². The number of H-pyrrole nitrogens is 1. The molecular weight excluding hydrogens is 486 g/mol. The van der Waals surface area contributed by atoms with Crippen LogP contribution in [0.15, 0.2) is 30.5 Å². The summed E-state index contributed by atoms with van der Waals surface area (Å²) in [5.41, 5.74) is 1.66. The lowest BCUT2D eigenvalue weighted by atomic mass is 9.99. The molecule has 10 heteroatoms. The fourth-order valence-corrected chi connectivity index (χ4v) is 4.85. The molecule has 1 fully saturated rings. The van der Waals surface area contributed by atoms with E-state index in [2.05, 4.69) is 26.3 Å². The molecule has 4 unspecified atom stereocenters. The van der Waals surface area contributed by atoms with Crippen molar-refractivity contribution in [3.05, 3.63) is 36.0 Å². The molecule has 208 valence electrons. The number of aliphatic carboxylic acids is 1. The minimum atomic E-state index is -1.17. The quantitative estimate of drug-likeness (QED) is 0.235. The van der Waals surface area contributed by atoms with Crippen LogP contribution in [0.4, 0.5) is 0 Å². The minimum Gasteiger partial charge on any atom is -0.480 e. The molecule has 2 aromatic rings. The lowest BCUT2D eigenvalue weighted by molar-refractivity contribution is -0.142. The third kappa shape index (κ3) is 8.05. The van der Waals surface area contributed by atoms with Crippen molar-refractivity contribution < 1.29 is 24.3 Å². The number of carboxylic acids is 1. The SMILES string of the molecule is CC(C)CC(NC(=O)C(CC(C)C)NC(=O)C1CCCN1)C(=O)NC(Cc1c[nH]c2ccccc12)C(=O)O. The van der Waals surface area contributed by atoms with Gasteiger partial charge in [0, 0.05) is 23.5 Å². The molecule has 4 atom stereocenters. The Bertz CT molecular complexity index is 1120. The van der Waals surface area contributed by atoms with E-state index in [1.165, 1.54) is 0 Å². The van der Waals surface area contributed by atoms with Crippen LogP contribution in [0.25, 0.3) is 10.9 Å². The zero-order valence-electron chi connectivity index (χ0n) is 22.7. The van der Waals surface area contributed by atoms with Crippen LogP contribution in [0, 0.1) is 11.8 Å². The molecule has 0 radical (unpaired) electrons. The molecule has 10 nitrogen and oxygen atoms in total. The summed E-state index contributed by atoms with van der Waals surface area (Å²) in [6, 6.07) is 4.32. The third-order valence-electron chi connectivity index (χ3n) is 6.77. The van der Waals surface area contributed by atoms with Gasteiger partial charge in [0.2, 0.25) is 17.7 Å². The van der Waals surface area contributed by atoms with Crippen LogP contribution in [0.5, 0.6) is 0 Å². The van der Waals surface area contributed by atoms with Crippen LogP contribution in [0.3, 0.4) is 0 Å². The van der Waals surface area contributed by atoms with E-state index < -0.39 is 35.9 Å². The fourth-order valence-electron chi connectivity index (χ4n) is 4.85. The molecule has 3 amide bonds. The minimum absolute atomic E-state index is 0.0591. The number of carbonyl (C=O) groups excluding carboxylic acids is 3. The lowest BCUT2D eigenvalue weighted by Crippen LogP contribution is -2.57. The molecule has 6 N–H and O–H groups in total. The fraction of sp³-hybridized carbons (Fsp3) is 0.571. The normalized spacial score (nSPS) is 17.8. The maximum Gasteiger partial charge on any atom is 0.326 e. The number of aromatic amines is 1. The number of fused-ring (bicyclic) bond motifs is 1. The van der Waals surface area contributed by atoms with Gasteiger partial charge in [0.25, 0.3) is 0 Å². The van der Waals surface area contributed by atoms with Crippen LogP contribution >= 0.6 is 0 Å². The van der Waals surface area contributed by atoms with Crippen LogP contribution in [0.1, 0.15) is 58.9 Å². The Hall–Kier alpha value is -3.40. The van der Waals surface area contributed by atoms with Crippen molar-refractivity contribution in [3.8, 4) is 0 Å². The van der Waals surface area contributed by atoms with Crippen LogP contribution in [-0.2, 0) is 25.6 Å². The van der Waals surface area contributed by atoms with Crippen molar-refractivity contribution in [2.75, 3.05) is 6.54 Å². The van der Waals surface area contributed by atoms with E-state index in [4.69, 9.17) is 0 Å². The number of para-hydroxylation sites is 1. The summed E-state index contributed by atoms with van der Waals surface area (Å²) in [4.78, 5) is 54.5. The van der Waals surface area contributed by atoms with E-state index in [1.54, 1.807) is 6.20 Å². The summed E-state index contributed by atoms with van der Waals surface area (Å²) in [6.45, 7) is 8.53. The van der Waals surface area contributed by atoms with Crippen molar-refractivity contribution in [1.82, 2.24) is 26.3 Å². The number of rotatable bonds is 13. The van der Waals surface area contributed by atoms with Gasteiger partial charge in [-0.05, 0) is 55.7 Å². The number of aromatic nitrogens is 1. The molecule has 0 bridgehead atoms. The highest BCUT2D eigenvalue weighted by atomic mass is 16.4.